The lowest BCUT2D eigenvalue weighted by Crippen LogP contribution is -2.50. The van der Waals surface area contributed by atoms with E-state index in [0.717, 1.165) is 0 Å². The van der Waals surface area contributed by atoms with Gasteiger partial charge in [0.15, 0.2) is 0 Å². The number of carbonyl (C=O) groups is 3. The Bertz CT molecular complexity index is 457. The Morgan fingerprint density at radius 1 is 1.30 bits per heavy atom. The minimum atomic E-state index is -1.74. The Morgan fingerprint density at radius 2 is 1.96 bits per heavy atom. The van der Waals surface area contributed by atoms with Crippen LogP contribution < -0.4 is 5.32 Å². The van der Waals surface area contributed by atoms with Crippen LogP contribution in [0.5, 0.6) is 0 Å². The first kappa shape index (κ1) is 20.4. The normalized spacial score (nSPS) is 19.2. The van der Waals surface area contributed by atoms with E-state index in [1.807, 2.05) is 0 Å². The minimum Gasteiger partial charge on any atom is -0.464 e. The largest absolute Gasteiger partial charge is 0.464 e. The molecule has 0 aromatic carbocycles. The van der Waals surface area contributed by atoms with E-state index in [1.54, 1.807) is 6.92 Å². The number of hydrogen-bond donors (Lipinski definition) is 1. The first-order chi connectivity index (χ1) is 10.7. The average molecular weight is 410 g/mol. The van der Waals surface area contributed by atoms with Crippen molar-refractivity contribution in [3.63, 3.8) is 0 Å². The van der Waals surface area contributed by atoms with Crippen LogP contribution in [-0.2, 0) is 19.1 Å². The zero-order valence-electron chi connectivity index (χ0n) is 12.2. The van der Waals surface area contributed by atoms with Crippen molar-refractivity contribution in [2.24, 2.45) is 0 Å². The number of nitrogens with one attached hydrogen (secondary N) is 1. The Kier molecular flexibility index (Phi) is 8.00. The molecule has 0 spiro atoms. The van der Waals surface area contributed by atoms with Crippen molar-refractivity contribution in [1.82, 2.24) is 10.2 Å². The molecule has 1 N–H and O–H groups in total. The lowest BCUT2D eigenvalue weighted by molar-refractivity contribution is -0.145. The Morgan fingerprint density at radius 3 is 2.52 bits per heavy atom. The van der Waals surface area contributed by atoms with Gasteiger partial charge in [-0.1, -0.05) is 46.4 Å². The highest BCUT2D eigenvalue weighted by Crippen LogP contribution is 2.27. The molecule has 132 valence electrons. The molecular formula is C12H16Cl4N2O5. The molecule has 0 radical (unpaired) electrons. The number of amides is 2. The molecule has 0 aromatic rings. The maximum absolute atomic E-state index is 12.1. The highest BCUT2D eigenvalue weighted by Gasteiger charge is 2.37. The van der Waals surface area contributed by atoms with Crippen LogP contribution in [0.2, 0.25) is 0 Å². The van der Waals surface area contributed by atoms with Crippen molar-refractivity contribution >= 4 is 64.4 Å². The van der Waals surface area contributed by atoms with Crippen molar-refractivity contribution in [2.75, 3.05) is 19.8 Å². The summed E-state index contributed by atoms with van der Waals surface area (Å²) in [5.74, 6) is -1.35. The van der Waals surface area contributed by atoms with E-state index in [4.69, 9.17) is 51.1 Å². The number of alkyl halides is 4. The molecule has 0 aliphatic carbocycles. The summed E-state index contributed by atoms with van der Waals surface area (Å²) in [5, 5.41) is 2.29. The number of ether oxygens (including phenoxy) is 2. The van der Waals surface area contributed by atoms with E-state index >= 15 is 0 Å². The van der Waals surface area contributed by atoms with Gasteiger partial charge in [0, 0.05) is 6.54 Å². The number of nitrogens with zero attached hydrogens (tertiary/aromatic N) is 1. The van der Waals surface area contributed by atoms with Crippen LogP contribution in [0.25, 0.3) is 0 Å². The third kappa shape index (κ3) is 6.79. The zero-order valence-corrected chi connectivity index (χ0v) is 15.2. The van der Waals surface area contributed by atoms with Crippen LogP contribution in [0, 0.1) is 0 Å². The summed E-state index contributed by atoms with van der Waals surface area (Å²) < 4.78 is 7.79. The molecule has 2 atom stereocenters. The number of hydrogen-bond acceptors (Lipinski definition) is 5. The van der Waals surface area contributed by atoms with Gasteiger partial charge in [-0.15, -0.1) is 0 Å². The molecular weight excluding hydrogens is 394 g/mol. The molecule has 1 aliphatic rings. The smallest absolute Gasteiger partial charge is 0.410 e. The van der Waals surface area contributed by atoms with Crippen LogP contribution >= 0.6 is 46.4 Å². The average Bonchev–Trinajstić information content (AvgIpc) is 2.93. The van der Waals surface area contributed by atoms with Crippen molar-refractivity contribution in [3.05, 3.63) is 0 Å². The molecule has 0 aromatic heterocycles. The second kappa shape index (κ2) is 9.01. The molecule has 23 heavy (non-hydrogen) atoms. The second-order valence-electron chi connectivity index (χ2n) is 4.64. The maximum atomic E-state index is 12.1. The number of likely N-dealkylation sites (tertiary alicyclic amines) is 1. The van der Waals surface area contributed by atoms with Crippen LogP contribution in [0.1, 0.15) is 19.8 Å². The van der Waals surface area contributed by atoms with E-state index < -0.39 is 39.9 Å². The van der Waals surface area contributed by atoms with Crippen LogP contribution in [0.3, 0.4) is 0 Å². The Balaban J connectivity index is 2.58. The number of halogens is 4. The first-order valence-corrected chi connectivity index (χ1v) is 8.34. The van der Waals surface area contributed by atoms with E-state index in [1.165, 1.54) is 4.90 Å². The summed E-state index contributed by atoms with van der Waals surface area (Å²) in [4.78, 5) is 36.7. The van der Waals surface area contributed by atoms with Gasteiger partial charge in [-0.2, -0.15) is 0 Å². The van der Waals surface area contributed by atoms with Gasteiger partial charge >= 0.3 is 12.1 Å². The van der Waals surface area contributed by atoms with Crippen LogP contribution in [0.4, 0.5) is 4.79 Å². The van der Waals surface area contributed by atoms with Gasteiger partial charge in [0.2, 0.25) is 15.2 Å². The van der Waals surface area contributed by atoms with E-state index in [9.17, 15) is 14.4 Å². The lowest BCUT2D eigenvalue weighted by atomic mass is 10.2. The molecule has 7 nitrogen and oxygen atoms in total. The zero-order chi connectivity index (χ0) is 17.6. The van der Waals surface area contributed by atoms with Gasteiger partial charge < -0.3 is 14.8 Å². The predicted octanol–water partition coefficient (Wildman–Crippen LogP) is 2.20. The molecule has 1 rings (SSSR count). The van der Waals surface area contributed by atoms with Crippen LogP contribution in [-0.4, -0.2) is 58.0 Å². The molecule has 11 heteroatoms. The molecule has 1 unspecified atom stereocenters. The summed E-state index contributed by atoms with van der Waals surface area (Å²) in [6.07, 6.45) is 0.213. The molecule has 1 heterocycles. The van der Waals surface area contributed by atoms with Gasteiger partial charge in [0.05, 0.1) is 6.61 Å². The van der Waals surface area contributed by atoms with E-state index in [0.29, 0.717) is 19.4 Å². The minimum absolute atomic E-state index is 0.136. The highest BCUT2D eigenvalue weighted by atomic mass is 35.6. The lowest BCUT2D eigenvalue weighted by Gasteiger charge is -2.24. The fraction of sp³-hybridized carbons (Fsp3) is 0.750. The fourth-order valence-corrected chi connectivity index (χ4v) is 2.31. The fourth-order valence-electron chi connectivity index (χ4n) is 1.98. The van der Waals surface area contributed by atoms with E-state index in [2.05, 4.69) is 10.1 Å². The van der Waals surface area contributed by atoms with Crippen LogP contribution in [0.15, 0.2) is 0 Å². The van der Waals surface area contributed by atoms with Gasteiger partial charge in [-0.3, -0.25) is 9.69 Å². The molecule has 1 fully saturated rings. The van der Waals surface area contributed by atoms with Crippen molar-refractivity contribution < 1.29 is 23.9 Å². The standard InChI is InChI=1S/C12H16Cl4N2O5/c1-2-22-10(20)8(13)17-9(19)7-4-3-5-18(7)11(21)23-6-12(14,15)16/h7-8H,2-6H2,1H3,(H,17,19)/t7-,8?/m0/s1. The van der Waals surface area contributed by atoms with Crippen molar-refractivity contribution in [1.29, 1.82) is 0 Å². The first-order valence-electron chi connectivity index (χ1n) is 6.77. The Hall–Kier alpha value is -0.630. The third-order valence-electron chi connectivity index (χ3n) is 2.91. The SMILES string of the molecule is CCOC(=O)C(Cl)NC(=O)[C@@H]1CCCN1C(=O)OCC(Cl)(Cl)Cl. The number of rotatable bonds is 5. The molecule has 1 saturated heterocycles. The Labute approximate surface area is 153 Å². The topological polar surface area (TPSA) is 84.9 Å². The molecule has 1 aliphatic heterocycles. The van der Waals surface area contributed by atoms with Gasteiger partial charge in [-0.25, -0.2) is 9.59 Å². The summed E-state index contributed by atoms with van der Waals surface area (Å²) >= 11 is 22.2. The summed E-state index contributed by atoms with van der Waals surface area (Å²) in [7, 11) is 0. The van der Waals surface area contributed by atoms with Gasteiger partial charge in [0.25, 0.3) is 0 Å². The van der Waals surface area contributed by atoms with Crippen molar-refractivity contribution in [2.45, 2.75) is 35.1 Å². The monoisotopic (exact) mass is 408 g/mol. The second-order valence-corrected chi connectivity index (χ2v) is 7.60. The van der Waals surface area contributed by atoms with E-state index in [-0.39, 0.29) is 6.61 Å². The van der Waals surface area contributed by atoms with Gasteiger partial charge in [-0.05, 0) is 19.8 Å². The quantitative estimate of drug-likeness (QED) is 0.427. The third-order valence-corrected chi connectivity index (χ3v) is 3.53. The summed E-state index contributed by atoms with van der Waals surface area (Å²) in [5.41, 5.74) is -1.33. The van der Waals surface area contributed by atoms with Gasteiger partial charge in [0.1, 0.15) is 12.6 Å². The number of esters is 1. The number of carbonyl (C=O) groups excluding carboxylic acids is 3. The summed E-state index contributed by atoms with van der Waals surface area (Å²) in [6.45, 7) is 1.62. The predicted molar refractivity (Wildman–Crippen MR) is 85.8 cm³/mol. The van der Waals surface area contributed by atoms with Crippen molar-refractivity contribution in [3.8, 4) is 0 Å². The molecule has 2 amide bonds. The maximum Gasteiger partial charge on any atom is 0.410 e. The molecule has 0 saturated carbocycles. The summed E-state index contributed by atoms with van der Waals surface area (Å²) in [6, 6.07) is -0.812. The highest BCUT2D eigenvalue weighted by molar-refractivity contribution is 6.67. The molecule has 0 bridgehead atoms.